The highest BCUT2D eigenvalue weighted by Gasteiger charge is 2.26. The minimum Gasteiger partial charge on any atom is -0.457 e. The van der Waals surface area contributed by atoms with Gasteiger partial charge in [-0.2, -0.15) is 0 Å². The highest BCUT2D eigenvalue weighted by molar-refractivity contribution is 7.47. The normalized spacial score (nSPS) is 14.3. The Morgan fingerprint density at radius 1 is 0.692 bits per heavy atom. The third-order valence-corrected chi connectivity index (χ3v) is 7.65. The smallest absolute Gasteiger partial charge is 0.457 e. The van der Waals surface area contributed by atoms with E-state index in [9.17, 15) is 14.3 Å². The minimum absolute atomic E-state index is 0.0916. The number of unbranched alkanes of at least 4 members (excludes halogenated alkanes) is 15. The quantitative estimate of drug-likeness (QED) is 0.0417. The van der Waals surface area contributed by atoms with E-state index in [1.165, 1.54) is 77.0 Å². The van der Waals surface area contributed by atoms with E-state index in [0.717, 1.165) is 32.1 Å². The average Bonchev–Trinajstić information content (AvgIpc) is 2.86. The third kappa shape index (κ3) is 28.8. The van der Waals surface area contributed by atoms with Crippen molar-refractivity contribution < 1.29 is 37.3 Å². The van der Waals surface area contributed by atoms with Crippen LogP contribution in [0.25, 0.3) is 0 Å². The molecule has 0 amide bonds. The lowest BCUT2D eigenvalue weighted by molar-refractivity contribution is -0.870. The van der Waals surface area contributed by atoms with Gasteiger partial charge in [-0.3, -0.25) is 13.8 Å². The number of esters is 1. The highest BCUT2D eigenvalue weighted by atomic mass is 31.2. The third-order valence-electron chi connectivity index (χ3n) is 6.67. The molecule has 0 aromatic carbocycles. The van der Waals surface area contributed by atoms with E-state index >= 15 is 0 Å². The number of ether oxygens (including phenoxy) is 2. The molecule has 0 fully saturated rings. The van der Waals surface area contributed by atoms with Crippen molar-refractivity contribution in [1.29, 1.82) is 0 Å². The van der Waals surface area contributed by atoms with E-state index in [1.54, 1.807) is 0 Å². The lowest BCUT2D eigenvalue weighted by atomic mass is 10.0. The van der Waals surface area contributed by atoms with Gasteiger partial charge in [-0.1, -0.05) is 110 Å². The Labute approximate surface area is 240 Å². The molecule has 0 saturated heterocycles. The fourth-order valence-electron chi connectivity index (χ4n) is 4.14. The van der Waals surface area contributed by atoms with Crippen LogP contribution < -0.4 is 0 Å². The lowest BCUT2D eigenvalue weighted by Gasteiger charge is -2.24. The van der Waals surface area contributed by atoms with Crippen LogP contribution in [-0.2, 0) is 27.9 Å². The Kier molecular flexibility index (Phi) is 24.9. The van der Waals surface area contributed by atoms with E-state index in [4.69, 9.17) is 18.5 Å². The molecule has 8 nitrogen and oxygen atoms in total. The Morgan fingerprint density at radius 3 is 1.69 bits per heavy atom. The van der Waals surface area contributed by atoms with Crippen molar-refractivity contribution in [1.82, 2.24) is 0 Å². The lowest BCUT2D eigenvalue weighted by Crippen LogP contribution is -2.37. The van der Waals surface area contributed by atoms with Gasteiger partial charge in [0, 0.05) is 13.0 Å². The second-order valence-electron chi connectivity index (χ2n) is 11.9. The summed E-state index contributed by atoms with van der Waals surface area (Å²) >= 11 is 0. The fourth-order valence-corrected chi connectivity index (χ4v) is 4.88. The first kappa shape index (κ1) is 38.5. The SMILES string of the molecule is CCCCCCCCCCCCCCCCOC[C@H](COP(=O)(O)OCC[N+](C)(C)C)OC(=O)CCCCC. The maximum atomic E-state index is 12.2. The Morgan fingerprint density at radius 2 is 1.18 bits per heavy atom. The molecule has 0 spiro atoms. The molecular weight excluding hydrogens is 517 g/mol. The van der Waals surface area contributed by atoms with Crippen LogP contribution in [0, 0.1) is 0 Å². The molecular formula is C30H63NO7P+. The number of phosphoric acid groups is 1. The molecule has 1 unspecified atom stereocenters. The maximum Gasteiger partial charge on any atom is 0.472 e. The summed E-state index contributed by atoms with van der Waals surface area (Å²) < 4.78 is 34.3. The molecule has 0 aliphatic carbocycles. The molecule has 0 bridgehead atoms. The van der Waals surface area contributed by atoms with E-state index in [1.807, 2.05) is 21.1 Å². The number of carbonyl (C=O) groups excluding carboxylic acids is 1. The molecule has 9 heteroatoms. The van der Waals surface area contributed by atoms with Crippen molar-refractivity contribution in [2.45, 2.75) is 136 Å². The van der Waals surface area contributed by atoms with Gasteiger partial charge < -0.3 is 18.9 Å². The van der Waals surface area contributed by atoms with Crippen LogP contribution in [0.2, 0.25) is 0 Å². The molecule has 1 N–H and O–H groups in total. The van der Waals surface area contributed by atoms with Crippen molar-refractivity contribution in [2.75, 3.05) is 54.1 Å². The van der Waals surface area contributed by atoms with Crippen LogP contribution in [0.4, 0.5) is 0 Å². The molecule has 0 aromatic heterocycles. The number of carbonyl (C=O) groups is 1. The van der Waals surface area contributed by atoms with Crippen molar-refractivity contribution in [3.8, 4) is 0 Å². The second kappa shape index (κ2) is 25.2. The average molecular weight is 581 g/mol. The van der Waals surface area contributed by atoms with Crippen LogP contribution in [0.5, 0.6) is 0 Å². The minimum atomic E-state index is -4.23. The summed E-state index contributed by atoms with van der Waals surface area (Å²) in [7, 11) is 1.67. The van der Waals surface area contributed by atoms with Crippen molar-refractivity contribution in [3.05, 3.63) is 0 Å². The highest BCUT2D eigenvalue weighted by Crippen LogP contribution is 2.43. The zero-order valence-corrected chi connectivity index (χ0v) is 27.0. The first-order chi connectivity index (χ1) is 18.6. The summed E-state index contributed by atoms with van der Waals surface area (Å²) in [6.45, 7) is 5.45. The van der Waals surface area contributed by atoms with Crippen LogP contribution in [0.3, 0.4) is 0 Å². The summed E-state index contributed by atoms with van der Waals surface area (Å²) in [5.74, 6) is -0.337. The molecule has 0 aliphatic rings. The Balaban J connectivity index is 4.09. The predicted octanol–water partition coefficient (Wildman–Crippen LogP) is 7.82. The predicted molar refractivity (Wildman–Crippen MR) is 160 cm³/mol. The van der Waals surface area contributed by atoms with E-state index in [-0.39, 0.29) is 25.8 Å². The van der Waals surface area contributed by atoms with E-state index in [2.05, 4.69) is 13.8 Å². The van der Waals surface area contributed by atoms with Crippen molar-refractivity contribution >= 4 is 13.8 Å². The van der Waals surface area contributed by atoms with Gasteiger partial charge in [0.05, 0.1) is 34.4 Å². The van der Waals surface area contributed by atoms with Crippen LogP contribution in [-0.4, -0.2) is 75.6 Å². The van der Waals surface area contributed by atoms with Crippen LogP contribution in [0.15, 0.2) is 0 Å². The summed E-state index contributed by atoms with van der Waals surface area (Å²) in [5, 5.41) is 0. The summed E-state index contributed by atoms with van der Waals surface area (Å²) in [5.41, 5.74) is 0. The Hall–Kier alpha value is -0.500. The van der Waals surface area contributed by atoms with Gasteiger partial charge in [0.25, 0.3) is 0 Å². The molecule has 2 atom stereocenters. The number of phosphoric ester groups is 1. The van der Waals surface area contributed by atoms with Gasteiger partial charge in [-0.25, -0.2) is 4.57 Å². The number of hydrogen-bond donors (Lipinski definition) is 1. The van der Waals surface area contributed by atoms with Gasteiger partial charge in [-0.05, 0) is 12.8 Å². The van der Waals surface area contributed by atoms with E-state index < -0.39 is 13.9 Å². The van der Waals surface area contributed by atoms with Crippen LogP contribution >= 0.6 is 7.82 Å². The molecule has 234 valence electrons. The molecule has 0 rings (SSSR count). The monoisotopic (exact) mass is 580 g/mol. The number of likely N-dealkylation sites (N-methyl/N-ethyl adjacent to an activating group) is 1. The van der Waals surface area contributed by atoms with Crippen molar-refractivity contribution in [3.63, 3.8) is 0 Å². The van der Waals surface area contributed by atoms with Gasteiger partial charge >= 0.3 is 13.8 Å². The van der Waals surface area contributed by atoms with Gasteiger partial charge in [-0.15, -0.1) is 0 Å². The number of quaternary nitrogens is 1. The standard InChI is InChI=1S/C30H62NO7P/c1-6-8-10-11-12-13-14-15-16-17-18-19-20-22-25-35-27-29(38-30(32)23-21-9-7-2)28-37-39(33,34)36-26-24-31(3,4)5/h29H,6-28H2,1-5H3/p+1/t29-/m1/s1. The molecule has 0 heterocycles. The van der Waals surface area contributed by atoms with Gasteiger partial charge in [0.1, 0.15) is 19.3 Å². The molecule has 0 saturated carbocycles. The first-order valence-electron chi connectivity index (χ1n) is 15.8. The topological polar surface area (TPSA) is 91.3 Å². The molecule has 39 heavy (non-hydrogen) atoms. The number of rotatable bonds is 29. The summed E-state index contributed by atoms with van der Waals surface area (Å²) in [6.07, 6.45) is 20.5. The molecule has 0 radical (unpaired) electrons. The molecule has 0 aromatic rings. The Bertz CT molecular complexity index is 613. The first-order valence-corrected chi connectivity index (χ1v) is 17.3. The summed E-state index contributed by atoms with van der Waals surface area (Å²) in [4.78, 5) is 22.2. The number of hydrogen-bond acceptors (Lipinski definition) is 6. The second-order valence-corrected chi connectivity index (χ2v) is 13.3. The fraction of sp³-hybridized carbons (Fsp3) is 0.967. The van der Waals surface area contributed by atoms with E-state index in [0.29, 0.717) is 24.1 Å². The zero-order valence-electron chi connectivity index (χ0n) is 26.1. The van der Waals surface area contributed by atoms with Gasteiger partial charge in [0.15, 0.2) is 0 Å². The zero-order chi connectivity index (χ0) is 29.2. The summed E-state index contributed by atoms with van der Waals surface area (Å²) in [6, 6.07) is 0. The largest absolute Gasteiger partial charge is 0.472 e. The molecule has 0 aliphatic heterocycles. The number of nitrogens with zero attached hydrogens (tertiary/aromatic N) is 1. The maximum absolute atomic E-state index is 12.2. The van der Waals surface area contributed by atoms with Crippen LogP contribution in [0.1, 0.15) is 129 Å². The van der Waals surface area contributed by atoms with Gasteiger partial charge in [0.2, 0.25) is 0 Å². The van der Waals surface area contributed by atoms with Crippen molar-refractivity contribution in [2.24, 2.45) is 0 Å².